The van der Waals surface area contributed by atoms with Crippen LogP contribution in [0, 0.1) is 0 Å². The van der Waals surface area contributed by atoms with Crippen LogP contribution in [0.5, 0.6) is 0 Å². The van der Waals surface area contributed by atoms with Gasteiger partial charge >= 0.3 is 5.97 Å². The van der Waals surface area contributed by atoms with Gasteiger partial charge in [-0.05, 0) is 12.2 Å². The summed E-state index contributed by atoms with van der Waals surface area (Å²) in [5, 5.41) is 11.0. The molecule has 5 nitrogen and oxygen atoms in total. The first-order chi connectivity index (χ1) is 5.04. The van der Waals surface area contributed by atoms with E-state index in [1.54, 1.807) is 0 Å². The van der Waals surface area contributed by atoms with Crippen molar-refractivity contribution in [3.8, 4) is 0 Å². The maximum absolute atomic E-state index is 11.0. The standard InChI is InChI=1S/C5H6N2O3S/c1-7-3(8)2(4(9)10)6-5(7)11/h2H,1H3,(H,6,11)(H,9,10)/t2-/m1/s1. The van der Waals surface area contributed by atoms with Crippen LogP contribution in [-0.4, -0.2) is 40.1 Å². The van der Waals surface area contributed by atoms with Crippen molar-refractivity contribution in [2.24, 2.45) is 0 Å². The quantitative estimate of drug-likeness (QED) is 0.385. The van der Waals surface area contributed by atoms with E-state index in [9.17, 15) is 9.59 Å². The summed E-state index contributed by atoms with van der Waals surface area (Å²) in [5.74, 6) is -1.73. The van der Waals surface area contributed by atoms with Crippen LogP contribution in [0.2, 0.25) is 0 Å². The predicted molar refractivity (Wildman–Crippen MR) is 39.9 cm³/mol. The van der Waals surface area contributed by atoms with Gasteiger partial charge < -0.3 is 10.4 Å². The average molecular weight is 174 g/mol. The molecule has 0 unspecified atom stereocenters. The molecule has 1 rings (SSSR count). The van der Waals surface area contributed by atoms with E-state index in [4.69, 9.17) is 5.11 Å². The fraction of sp³-hybridized carbons (Fsp3) is 0.400. The number of hydrogen-bond acceptors (Lipinski definition) is 3. The molecule has 0 bridgehead atoms. The number of carbonyl (C=O) groups is 2. The molecule has 1 saturated heterocycles. The summed E-state index contributed by atoms with van der Waals surface area (Å²) in [6, 6.07) is -1.20. The van der Waals surface area contributed by atoms with Crippen molar-refractivity contribution < 1.29 is 14.7 Å². The molecule has 0 spiro atoms. The Morgan fingerprint density at radius 3 is 2.55 bits per heavy atom. The van der Waals surface area contributed by atoms with Crippen molar-refractivity contribution in [1.29, 1.82) is 0 Å². The van der Waals surface area contributed by atoms with Crippen molar-refractivity contribution in [3.05, 3.63) is 0 Å². The van der Waals surface area contributed by atoms with E-state index < -0.39 is 17.9 Å². The third kappa shape index (κ3) is 1.16. The zero-order valence-corrected chi connectivity index (χ0v) is 6.51. The van der Waals surface area contributed by atoms with E-state index >= 15 is 0 Å². The number of likely N-dealkylation sites (N-methyl/N-ethyl adjacent to an activating group) is 1. The molecule has 60 valence electrons. The van der Waals surface area contributed by atoms with Crippen molar-refractivity contribution in [3.63, 3.8) is 0 Å². The average Bonchev–Trinajstić information content (AvgIpc) is 2.17. The fourth-order valence-electron chi connectivity index (χ4n) is 0.743. The van der Waals surface area contributed by atoms with E-state index in [0.717, 1.165) is 4.90 Å². The largest absolute Gasteiger partial charge is 0.479 e. The maximum atomic E-state index is 11.0. The maximum Gasteiger partial charge on any atom is 0.336 e. The minimum Gasteiger partial charge on any atom is -0.479 e. The summed E-state index contributed by atoms with van der Waals surface area (Å²) in [5.41, 5.74) is 0. The van der Waals surface area contributed by atoms with Gasteiger partial charge in [0, 0.05) is 7.05 Å². The summed E-state index contributed by atoms with van der Waals surface area (Å²) < 4.78 is 0. The molecular formula is C5H6N2O3S. The lowest BCUT2D eigenvalue weighted by Gasteiger charge is -2.03. The number of aliphatic carboxylic acids is 1. The van der Waals surface area contributed by atoms with E-state index in [0.29, 0.717) is 0 Å². The SMILES string of the molecule is CN1C(=O)[C@H](C(=O)O)NC1=S. The van der Waals surface area contributed by atoms with Crippen LogP contribution in [-0.2, 0) is 9.59 Å². The monoisotopic (exact) mass is 174 g/mol. The van der Waals surface area contributed by atoms with Crippen molar-refractivity contribution in [2.75, 3.05) is 7.05 Å². The first-order valence-electron chi connectivity index (χ1n) is 2.85. The summed E-state index contributed by atoms with van der Waals surface area (Å²) in [6.45, 7) is 0. The molecule has 1 amide bonds. The lowest BCUT2D eigenvalue weighted by Crippen LogP contribution is -2.37. The fourth-order valence-corrected chi connectivity index (χ4v) is 0.951. The second-order valence-corrected chi connectivity index (χ2v) is 2.50. The van der Waals surface area contributed by atoms with Gasteiger partial charge in [-0.1, -0.05) is 0 Å². The van der Waals surface area contributed by atoms with E-state index in [1.165, 1.54) is 7.05 Å². The number of amides is 1. The summed E-state index contributed by atoms with van der Waals surface area (Å²) in [6.07, 6.45) is 0. The first-order valence-corrected chi connectivity index (χ1v) is 3.25. The van der Waals surface area contributed by atoms with Gasteiger partial charge in [0.05, 0.1) is 0 Å². The Morgan fingerprint density at radius 1 is 1.82 bits per heavy atom. The molecule has 0 radical (unpaired) electrons. The number of thiocarbonyl (C=S) groups is 1. The Labute approximate surface area is 68.0 Å². The van der Waals surface area contributed by atoms with Crippen molar-refractivity contribution in [1.82, 2.24) is 10.2 Å². The highest BCUT2D eigenvalue weighted by molar-refractivity contribution is 7.80. The van der Waals surface area contributed by atoms with Gasteiger partial charge in [0.25, 0.3) is 5.91 Å². The van der Waals surface area contributed by atoms with Crippen LogP contribution in [0.15, 0.2) is 0 Å². The third-order valence-electron chi connectivity index (χ3n) is 1.40. The highest BCUT2D eigenvalue weighted by Gasteiger charge is 2.37. The van der Waals surface area contributed by atoms with E-state index in [1.807, 2.05) is 0 Å². The van der Waals surface area contributed by atoms with Crippen molar-refractivity contribution in [2.45, 2.75) is 6.04 Å². The molecule has 1 fully saturated rings. The highest BCUT2D eigenvalue weighted by atomic mass is 32.1. The molecular weight excluding hydrogens is 168 g/mol. The lowest BCUT2D eigenvalue weighted by atomic mass is 10.3. The number of carboxylic acid groups (broad SMARTS) is 1. The molecule has 1 atom stereocenters. The Hall–Kier alpha value is -1.17. The Morgan fingerprint density at radius 2 is 2.36 bits per heavy atom. The van der Waals surface area contributed by atoms with Gasteiger partial charge in [-0.25, -0.2) is 4.79 Å². The number of hydrogen-bond donors (Lipinski definition) is 2. The van der Waals surface area contributed by atoms with Crippen molar-refractivity contribution >= 4 is 29.2 Å². The predicted octanol–water partition coefficient (Wildman–Crippen LogP) is -1.21. The molecule has 1 aliphatic heterocycles. The molecule has 1 heterocycles. The van der Waals surface area contributed by atoms with Gasteiger partial charge in [-0.15, -0.1) is 0 Å². The molecule has 0 aromatic carbocycles. The van der Waals surface area contributed by atoms with E-state index in [2.05, 4.69) is 17.5 Å². The van der Waals surface area contributed by atoms with Crippen LogP contribution in [0.1, 0.15) is 0 Å². The Kier molecular flexibility index (Phi) is 1.77. The molecule has 2 N–H and O–H groups in total. The van der Waals surface area contributed by atoms with Crippen LogP contribution < -0.4 is 5.32 Å². The minimum atomic E-state index is -1.21. The Balaban J connectivity index is 2.83. The molecule has 0 aliphatic carbocycles. The number of rotatable bonds is 1. The summed E-state index contributed by atoms with van der Waals surface area (Å²) in [7, 11) is 1.43. The summed E-state index contributed by atoms with van der Waals surface area (Å²) in [4.78, 5) is 22.4. The zero-order valence-electron chi connectivity index (χ0n) is 5.70. The number of carbonyl (C=O) groups excluding carboxylic acids is 1. The Bertz CT molecular complexity index is 240. The van der Waals surface area contributed by atoms with E-state index in [-0.39, 0.29) is 5.11 Å². The molecule has 0 saturated carbocycles. The molecule has 11 heavy (non-hydrogen) atoms. The second kappa shape index (κ2) is 2.46. The van der Waals surface area contributed by atoms with Crippen LogP contribution in [0.25, 0.3) is 0 Å². The first kappa shape index (κ1) is 7.93. The lowest BCUT2D eigenvalue weighted by molar-refractivity contribution is -0.143. The molecule has 1 aliphatic rings. The number of nitrogens with one attached hydrogen (secondary N) is 1. The topological polar surface area (TPSA) is 69.6 Å². The molecule has 6 heteroatoms. The van der Waals surface area contributed by atoms with Crippen LogP contribution >= 0.6 is 12.2 Å². The minimum absolute atomic E-state index is 0.155. The van der Waals surface area contributed by atoms with Gasteiger partial charge in [-0.2, -0.15) is 0 Å². The van der Waals surface area contributed by atoms with Gasteiger partial charge in [0.1, 0.15) is 0 Å². The third-order valence-corrected chi connectivity index (χ3v) is 1.79. The molecule has 0 aromatic heterocycles. The zero-order chi connectivity index (χ0) is 8.59. The smallest absolute Gasteiger partial charge is 0.336 e. The van der Waals surface area contributed by atoms with Gasteiger partial charge in [0.15, 0.2) is 5.11 Å². The van der Waals surface area contributed by atoms with Crippen LogP contribution in [0.4, 0.5) is 0 Å². The number of carboxylic acids is 1. The van der Waals surface area contributed by atoms with Crippen LogP contribution in [0.3, 0.4) is 0 Å². The summed E-state index contributed by atoms with van der Waals surface area (Å²) >= 11 is 4.65. The van der Waals surface area contributed by atoms with Gasteiger partial charge in [0.2, 0.25) is 6.04 Å². The highest BCUT2D eigenvalue weighted by Crippen LogP contribution is 2.02. The number of nitrogens with zero attached hydrogens (tertiary/aromatic N) is 1. The second-order valence-electron chi connectivity index (χ2n) is 2.12. The molecule has 0 aromatic rings. The normalized spacial score (nSPS) is 23.7. The van der Waals surface area contributed by atoms with Gasteiger partial charge in [-0.3, -0.25) is 9.69 Å².